The highest BCUT2D eigenvalue weighted by molar-refractivity contribution is 14.1. The Bertz CT molecular complexity index is 1030. The Kier molecular flexibility index (Phi) is 6.36. The normalized spacial score (nSPS) is 11.3. The summed E-state index contributed by atoms with van der Waals surface area (Å²) in [6.07, 6.45) is 2.83. The highest BCUT2D eigenvalue weighted by atomic mass is 127. The van der Waals surface area contributed by atoms with Crippen LogP contribution in [0.5, 0.6) is 11.5 Å². The van der Waals surface area contributed by atoms with E-state index in [2.05, 4.69) is 47.7 Å². The number of nitriles is 1. The van der Waals surface area contributed by atoms with Crippen LogP contribution in [0.1, 0.15) is 24.5 Å². The van der Waals surface area contributed by atoms with E-state index in [1.165, 1.54) is 0 Å². The van der Waals surface area contributed by atoms with Crippen molar-refractivity contribution in [3.63, 3.8) is 0 Å². The lowest BCUT2D eigenvalue weighted by Gasteiger charge is -2.13. The summed E-state index contributed by atoms with van der Waals surface area (Å²) in [5.74, 6) is 1.43. The minimum absolute atomic E-state index is 0.617. The predicted molar refractivity (Wildman–Crippen MR) is 119 cm³/mol. The van der Waals surface area contributed by atoms with E-state index in [1.807, 2.05) is 48.5 Å². The molecule has 0 amide bonds. The number of rotatable bonds is 6. The number of halogens is 1. The molecule has 0 fully saturated rings. The lowest BCUT2D eigenvalue weighted by Crippen LogP contribution is -2.00. The van der Waals surface area contributed by atoms with E-state index in [1.54, 1.807) is 7.11 Å². The van der Waals surface area contributed by atoms with Gasteiger partial charge in [0.2, 0.25) is 0 Å². The number of allylic oxidation sites excluding steroid dienone is 1. The maximum absolute atomic E-state index is 9.79. The zero-order valence-corrected chi connectivity index (χ0v) is 17.5. The minimum atomic E-state index is 0.617. The van der Waals surface area contributed by atoms with E-state index in [0.29, 0.717) is 17.9 Å². The number of nitrogens with zero attached hydrogens (tertiary/aromatic N) is 1. The molecule has 0 bridgehead atoms. The van der Waals surface area contributed by atoms with Crippen LogP contribution in [0.4, 0.5) is 0 Å². The number of hydrogen-bond donors (Lipinski definition) is 0. The van der Waals surface area contributed by atoms with Crippen LogP contribution in [0.25, 0.3) is 22.4 Å². The van der Waals surface area contributed by atoms with Crippen LogP contribution < -0.4 is 9.47 Å². The molecule has 0 aliphatic rings. The number of methoxy groups -OCH3 is 1. The third-order valence-electron chi connectivity index (χ3n) is 4.21. The third kappa shape index (κ3) is 4.25. The molecule has 4 heteroatoms. The molecule has 0 aliphatic heterocycles. The fourth-order valence-electron chi connectivity index (χ4n) is 2.96. The first-order valence-electron chi connectivity index (χ1n) is 8.78. The Hall–Kier alpha value is -2.52. The summed E-state index contributed by atoms with van der Waals surface area (Å²) in [7, 11) is 1.63. The van der Waals surface area contributed by atoms with Crippen molar-refractivity contribution in [2.24, 2.45) is 0 Å². The van der Waals surface area contributed by atoms with Crippen molar-refractivity contribution in [1.82, 2.24) is 0 Å². The molecule has 0 saturated heterocycles. The first-order chi connectivity index (χ1) is 13.2. The van der Waals surface area contributed by atoms with Gasteiger partial charge in [0.15, 0.2) is 11.5 Å². The van der Waals surface area contributed by atoms with Crippen LogP contribution in [0.15, 0.2) is 54.6 Å². The van der Waals surface area contributed by atoms with E-state index in [0.717, 1.165) is 37.6 Å². The van der Waals surface area contributed by atoms with Gasteiger partial charge < -0.3 is 9.47 Å². The van der Waals surface area contributed by atoms with Gasteiger partial charge in [0.25, 0.3) is 0 Å². The molecule has 136 valence electrons. The van der Waals surface area contributed by atoms with Crippen molar-refractivity contribution in [1.29, 1.82) is 5.26 Å². The molecule has 0 aromatic heterocycles. The molecule has 3 aromatic carbocycles. The van der Waals surface area contributed by atoms with E-state index in [-0.39, 0.29) is 0 Å². The summed E-state index contributed by atoms with van der Waals surface area (Å²) in [4.78, 5) is 0. The molecule has 0 N–H and O–H groups in total. The maximum atomic E-state index is 9.79. The van der Waals surface area contributed by atoms with Crippen molar-refractivity contribution in [2.75, 3.05) is 13.7 Å². The summed E-state index contributed by atoms with van der Waals surface area (Å²) in [5, 5.41) is 12.0. The van der Waals surface area contributed by atoms with Crippen LogP contribution in [0.2, 0.25) is 0 Å². The monoisotopic (exact) mass is 469 g/mol. The molecule has 3 nitrogen and oxygen atoms in total. The zero-order valence-electron chi connectivity index (χ0n) is 15.3. The molecular formula is C23H20INO2. The Morgan fingerprint density at radius 1 is 1.15 bits per heavy atom. The molecule has 0 radical (unpaired) electrons. The van der Waals surface area contributed by atoms with Crippen LogP contribution in [0.3, 0.4) is 0 Å². The summed E-state index contributed by atoms with van der Waals surface area (Å²) in [6.45, 7) is 2.71. The average Bonchev–Trinajstić information content (AvgIpc) is 2.70. The smallest absolute Gasteiger partial charge is 0.174 e. The van der Waals surface area contributed by atoms with Crippen LogP contribution in [-0.4, -0.2) is 13.7 Å². The van der Waals surface area contributed by atoms with Gasteiger partial charge in [-0.25, -0.2) is 0 Å². The van der Waals surface area contributed by atoms with Crippen LogP contribution >= 0.6 is 22.6 Å². The van der Waals surface area contributed by atoms with Crippen molar-refractivity contribution in [3.05, 3.63) is 69.3 Å². The van der Waals surface area contributed by atoms with Gasteiger partial charge in [-0.15, -0.1) is 0 Å². The maximum Gasteiger partial charge on any atom is 0.174 e. The lowest BCUT2D eigenvalue weighted by molar-refractivity contribution is 0.292. The quantitative estimate of drug-likeness (QED) is 0.242. The van der Waals surface area contributed by atoms with Crippen molar-refractivity contribution in [3.8, 4) is 17.6 Å². The van der Waals surface area contributed by atoms with Gasteiger partial charge in [0, 0.05) is 5.56 Å². The van der Waals surface area contributed by atoms with E-state index >= 15 is 0 Å². The molecule has 0 atom stereocenters. The van der Waals surface area contributed by atoms with Crippen molar-refractivity contribution < 1.29 is 9.47 Å². The number of ether oxygens (including phenoxy) is 2. The summed E-state index contributed by atoms with van der Waals surface area (Å²) < 4.78 is 12.3. The summed E-state index contributed by atoms with van der Waals surface area (Å²) in [6, 6.07) is 20.4. The highest BCUT2D eigenvalue weighted by Crippen LogP contribution is 2.35. The first-order valence-corrected chi connectivity index (χ1v) is 9.86. The Balaban J connectivity index is 2.08. The van der Waals surface area contributed by atoms with Crippen molar-refractivity contribution >= 4 is 45.0 Å². The zero-order chi connectivity index (χ0) is 19.2. The van der Waals surface area contributed by atoms with Gasteiger partial charge in [-0.3, -0.25) is 0 Å². The molecular weight excluding hydrogens is 449 g/mol. The standard InChI is InChI=1S/C23H20INO2/c1-3-11-27-23-21(24)13-16(14-22(23)26-2)12-18(15-25)20-10-6-8-17-7-4-5-9-19(17)20/h4-10,12-14H,3,11H2,1-2H3/b18-12+. The molecule has 0 aliphatic carbocycles. The second-order valence-corrected chi connectivity index (χ2v) is 7.24. The molecule has 0 unspecified atom stereocenters. The largest absolute Gasteiger partial charge is 0.493 e. The number of hydrogen-bond acceptors (Lipinski definition) is 3. The van der Waals surface area contributed by atoms with Gasteiger partial charge in [-0.05, 0) is 63.6 Å². The third-order valence-corrected chi connectivity index (χ3v) is 5.01. The summed E-state index contributed by atoms with van der Waals surface area (Å²) >= 11 is 2.25. The van der Waals surface area contributed by atoms with Gasteiger partial charge in [-0.2, -0.15) is 5.26 Å². The minimum Gasteiger partial charge on any atom is -0.493 e. The van der Waals surface area contributed by atoms with E-state index in [4.69, 9.17) is 9.47 Å². The van der Waals surface area contributed by atoms with E-state index in [9.17, 15) is 5.26 Å². The van der Waals surface area contributed by atoms with Crippen LogP contribution in [-0.2, 0) is 0 Å². The van der Waals surface area contributed by atoms with Gasteiger partial charge in [0.1, 0.15) is 0 Å². The SMILES string of the molecule is CCCOc1c(I)cc(/C=C(\C#N)c2cccc3ccccc23)cc1OC. The fourth-order valence-corrected chi connectivity index (χ4v) is 3.75. The molecule has 3 rings (SSSR count). The van der Waals surface area contributed by atoms with E-state index < -0.39 is 0 Å². The second kappa shape index (κ2) is 8.92. The number of fused-ring (bicyclic) bond motifs is 1. The first kappa shape index (κ1) is 19.2. The Morgan fingerprint density at radius 3 is 2.67 bits per heavy atom. The lowest BCUT2D eigenvalue weighted by atomic mass is 9.97. The molecule has 3 aromatic rings. The van der Waals surface area contributed by atoms with Gasteiger partial charge >= 0.3 is 0 Å². The van der Waals surface area contributed by atoms with Crippen LogP contribution in [0, 0.1) is 14.9 Å². The topological polar surface area (TPSA) is 42.2 Å². The van der Waals surface area contributed by atoms with Crippen molar-refractivity contribution in [2.45, 2.75) is 13.3 Å². The molecule has 0 heterocycles. The molecule has 27 heavy (non-hydrogen) atoms. The van der Waals surface area contributed by atoms with Gasteiger partial charge in [-0.1, -0.05) is 49.4 Å². The Morgan fingerprint density at radius 2 is 1.93 bits per heavy atom. The Labute approximate surface area is 173 Å². The highest BCUT2D eigenvalue weighted by Gasteiger charge is 2.12. The second-order valence-electron chi connectivity index (χ2n) is 6.08. The van der Waals surface area contributed by atoms with Gasteiger partial charge in [0.05, 0.1) is 28.9 Å². The summed E-state index contributed by atoms with van der Waals surface area (Å²) in [5.41, 5.74) is 2.45. The average molecular weight is 469 g/mol. The molecule has 0 spiro atoms. The predicted octanol–water partition coefficient (Wildman–Crippen LogP) is 6.31. The molecule has 0 saturated carbocycles. The number of benzene rings is 3. The fraction of sp³-hybridized carbons (Fsp3) is 0.174.